The molecule has 2 rings (SSSR count). The van der Waals surface area contributed by atoms with Crippen LogP contribution in [-0.2, 0) is 6.42 Å². The molecule has 4 N–H and O–H groups in total. The van der Waals surface area contributed by atoms with Crippen LogP contribution >= 0.6 is 15.9 Å². The van der Waals surface area contributed by atoms with Gasteiger partial charge in [0.15, 0.2) is 0 Å². The van der Waals surface area contributed by atoms with Crippen LogP contribution in [0.1, 0.15) is 18.3 Å². The summed E-state index contributed by atoms with van der Waals surface area (Å²) >= 11 is 3.12. The summed E-state index contributed by atoms with van der Waals surface area (Å²) in [5, 5.41) is 3.08. The number of rotatable bonds is 4. The number of aryl methyl sites for hydroxylation is 1. The van der Waals surface area contributed by atoms with Crippen LogP contribution in [0.2, 0.25) is 0 Å². The zero-order valence-electron chi connectivity index (χ0n) is 11.2. The summed E-state index contributed by atoms with van der Waals surface area (Å²) < 4.78 is 13.9. The van der Waals surface area contributed by atoms with E-state index in [1.54, 1.807) is 12.1 Å². The van der Waals surface area contributed by atoms with Gasteiger partial charge in [0.25, 0.3) is 0 Å². The Balaban J connectivity index is 2.39. The van der Waals surface area contributed by atoms with Crippen LogP contribution in [0.3, 0.4) is 0 Å². The van der Waals surface area contributed by atoms with Crippen LogP contribution in [0, 0.1) is 12.7 Å². The highest BCUT2D eigenvalue weighted by Crippen LogP contribution is 2.25. The van der Waals surface area contributed by atoms with E-state index in [0.717, 1.165) is 5.56 Å². The normalized spacial score (nSPS) is 10.4. The van der Waals surface area contributed by atoms with Gasteiger partial charge >= 0.3 is 0 Å². The smallest absolute Gasteiger partial charge is 0.148 e. The van der Waals surface area contributed by atoms with Crippen molar-refractivity contribution in [3.63, 3.8) is 0 Å². The molecule has 0 atom stereocenters. The summed E-state index contributed by atoms with van der Waals surface area (Å²) in [6.07, 6.45) is 0.679. The molecule has 1 heterocycles. The van der Waals surface area contributed by atoms with Gasteiger partial charge in [0, 0.05) is 17.7 Å². The molecule has 2 aromatic rings. The molecule has 0 radical (unpaired) electrons. The molecule has 106 valence electrons. The molecular formula is C13H15BrFN5. The van der Waals surface area contributed by atoms with Gasteiger partial charge in [-0.05, 0) is 41.1 Å². The van der Waals surface area contributed by atoms with Crippen LogP contribution in [0.5, 0.6) is 0 Å². The number of nitrogens with zero attached hydrogens (tertiary/aromatic N) is 2. The van der Waals surface area contributed by atoms with Gasteiger partial charge in [0.2, 0.25) is 0 Å². The summed E-state index contributed by atoms with van der Waals surface area (Å²) in [6.45, 7) is 3.79. The zero-order chi connectivity index (χ0) is 14.7. The number of halogens is 2. The second-order valence-corrected chi connectivity index (χ2v) is 5.07. The van der Waals surface area contributed by atoms with Crippen LogP contribution in [0.25, 0.3) is 0 Å². The molecule has 1 aromatic heterocycles. The van der Waals surface area contributed by atoms with Crippen molar-refractivity contribution in [2.45, 2.75) is 20.3 Å². The van der Waals surface area contributed by atoms with Gasteiger partial charge in [-0.1, -0.05) is 6.92 Å². The van der Waals surface area contributed by atoms with Crippen molar-refractivity contribution in [1.82, 2.24) is 9.97 Å². The molecule has 1 aromatic carbocycles. The Morgan fingerprint density at radius 3 is 2.60 bits per heavy atom. The molecule has 0 bridgehead atoms. The zero-order valence-corrected chi connectivity index (χ0v) is 12.8. The first-order valence-corrected chi connectivity index (χ1v) is 6.90. The number of nitrogens with one attached hydrogen (secondary N) is 2. The molecule has 0 amide bonds. The predicted octanol–water partition coefficient (Wildman–Crippen LogP) is 3.28. The highest BCUT2D eigenvalue weighted by molar-refractivity contribution is 9.10. The summed E-state index contributed by atoms with van der Waals surface area (Å²) in [5.41, 5.74) is 3.92. The Kier molecular flexibility index (Phi) is 4.51. The van der Waals surface area contributed by atoms with Gasteiger partial charge in [0.1, 0.15) is 23.3 Å². The van der Waals surface area contributed by atoms with Crippen molar-refractivity contribution in [1.29, 1.82) is 0 Å². The largest absolute Gasteiger partial charge is 0.340 e. The molecular weight excluding hydrogens is 325 g/mol. The molecule has 0 spiro atoms. The first-order chi connectivity index (χ1) is 9.55. The third-order valence-electron chi connectivity index (χ3n) is 2.83. The van der Waals surface area contributed by atoms with E-state index < -0.39 is 0 Å². The third kappa shape index (κ3) is 3.05. The van der Waals surface area contributed by atoms with E-state index in [2.05, 4.69) is 36.6 Å². The summed E-state index contributed by atoms with van der Waals surface area (Å²) in [4.78, 5) is 8.67. The van der Waals surface area contributed by atoms with Crippen molar-refractivity contribution in [2.24, 2.45) is 5.84 Å². The quantitative estimate of drug-likeness (QED) is 0.588. The topological polar surface area (TPSA) is 75.9 Å². The van der Waals surface area contributed by atoms with Gasteiger partial charge in [0.05, 0.1) is 4.47 Å². The Hall–Kier alpha value is -1.73. The van der Waals surface area contributed by atoms with Gasteiger partial charge < -0.3 is 10.7 Å². The number of benzene rings is 1. The lowest BCUT2D eigenvalue weighted by Crippen LogP contribution is -2.13. The van der Waals surface area contributed by atoms with Crippen molar-refractivity contribution < 1.29 is 4.39 Å². The Bertz CT molecular complexity index is 632. The van der Waals surface area contributed by atoms with Crippen molar-refractivity contribution in [3.05, 3.63) is 39.9 Å². The van der Waals surface area contributed by atoms with Gasteiger partial charge in [-0.2, -0.15) is 0 Å². The second kappa shape index (κ2) is 6.15. The third-order valence-corrected chi connectivity index (χ3v) is 3.47. The highest BCUT2D eigenvalue weighted by atomic mass is 79.9. The van der Waals surface area contributed by atoms with Crippen LogP contribution in [0.4, 0.5) is 21.7 Å². The summed E-state index contributed by atoms with van der Waals surface area (Å²) in [7, 11) is 0. The highest BCUT2D eigenvalue weighted by Gasteiger charge is 2.10. The predicted molar refractivity (Wildman–Crippen MR) is 81.3 cm³/mol. The second-order valence-electron chi connectivity index (χ2n) is 4.21. The number of hydrogen-bond acceptors (Lipinski definition) is 5. The number of nitrogens with two attached hydrogens (primary N) is 1. The van der Waals surface area contributed by atoms with E-state index in [-0.39, 0.29) is 5.82 Å². The first kappa shape index (κ1) is 14.7. The van der Waals surface area contributed by atoms with Crippen LogP contribution in [-0.4, -0.2) is 9.97 Å². The standard InChI is InChI=1S/C13H15BrFN5/c1-3-11-18-12(7(2)13(19-11)20-16)17-8-4-5-9(14)10(15)6-8/h4-6H,3,16H2,1-2H3,(H2,17,18,19,20). The number of aromatic nitrogens is 2. The van der Waals surface area contributed by atoms with E-state index in [4.69, 9.17) is 5.84 Å². The van der Waals surface area contributed by atoms with E-state index in [1.807, 2.05) is 13.8 Å². The van der Waals surface area contributed by atoms with E-state index >= 15 is 0 Å². The number of anilines is 3. The first-order valence-electron chi connectivity index (χ1n) is 6.11. The molecule has 0 saturated heterocycles. The maximum atomic E-state index is 13.5. The number of nitrogen functional groups attached to an aromatic ring is 1. The maximum Gasteiger partial charge on any atom is 0.148 e. The molecule has 0 saturated carbocycles. The van der Waals surface area contributed by atoms with Crippen LogP contribution < -0.4 is 16.6 Å². The minimum absolute atomic E-state index is 0.338. The van der Waals surface area contributed by atoms with Gasteiger partial charge in [-0.3, -0.25) is 0 Å². The van der Waals surface area contributed by atoms with Gasteiger partial charge in [-0.25, -0.2) is 20.2 Å². The SMILES string of the molecule is CCc1nc(NN)c(C)c(Nc2ccc(Br)c(F)c2)n1. The fourth-order valence-electron chi connectivity index (χ4n) is 1.69. The minimum Gasteiger partial charge on any atom is -0.340 e. The van der Waals surface area contributed by atoms with Crippen molar-refractivity contribution in [3.8, 4) is 0 Å². The molecule has 0 aliphatic rings. The average Bonchev–Trinajstić information content (AvgIpc) is 2.45. The molecule has 0 unspecified atom stereocenters. The molecule has 5 nitrogen and oxygen atoms in total. The summed E-state index contributed by atoms with van der Waals surface area (Å²) in [5.74, 6) is 6.92. The molecule has 7 heteroatoms. The number of hydrogen-bond donors (Lipinski definition) is 3. The molecule has 0 aliphatic heterocycles. The lowest BCUT2D eigenvalue weighted by molar-refractivity contribution is 0.622. The summed E-state index contributed by atoms with van der Waals surface area (Å²) in [6, 6.07) is 4.79. The fraction of sp³-hybridized carbons (Fsp3) is 0.231. The van der Waals surface area contributed by atoms with Crippen molar-refractivity contribution in [2.75, 3.05) is 10.7 Å². The molecule has 0 fully saturated rings. The fourth-order valence-corrected chi connectivity index (χ4v) is 1.94. The van der Waals surface area contributed by atoms with Crippen LogP contribution in [0.15, 0.2) is 22.7 Å². The Morgan fingerprint density at radius 1 is 1.30 bits per heavy atom. The van der Waals surface area contributed by atoms with Crippen molar-refractivity contribution >= 4 is 33.3 Å². The van der Waals surface area contributed by atoms with Gasteiger partial charge in [-0.15, -0.1) is 0 Å². The Morgan fingerprint density at radius 2 is 2.00 bits per heavy atom. The van der Waals surface area contributed by atoms with E-state index in [1.165, 1.54) is 6.07 Å². The average molecular weight is 340 g/mol. The Labute approximate surface area is 124 Å². The maximum absolute atomic E-state index is 13.5. The van der Waals surface area contributed by atoms with E-state index in [0.29, 0.717) is 34.0 Å². The number of hydrazine groups is 1. The molecule has 20 heavy (non-hydrogen) atoms. The monoisotopic (exact) mass is 339 g/mol. The minimum atomic E-state index is -0.338. The molecule has 0 aliphatic carbocycles. The lowest BCUT2D eigenvalue weighted by atomic mass is 10.2. The van der Waals surface area contributed by atoms with E-state index in [9.17, 15) is 4.39 Å². The lowest BCUT2D eigenvalue weighted by Gasteiger charge is -2.13.